The molecule has 2 aromatic heterocycles. The second kappa shape index (κ2) is 12.2. The summed E-state index contributed by atoms with van der Waals surface area (Å²) < 4.78 is 5.43. The minimum atomic E-state index is -0.426. The zero-order valence-electron chi connectivity index (χ0n) is 21.1. The Morgan fingerprint density at radius 3 is 2.58 bits per heavy atom. The highest BCUT2D eigenvalue weighted by molar-refractivity contribution is 6.33. The van der Waals surface area contributed by atoms with Gasteiger partial charge in [-0.2, -0.15) is 5.26 Å². The summed E-state index contributed by atoms with van der Waals surface area (Å²) in [5.41, 5.74) is 1.15. The molecule has 0 amide bonds. The van der Waals surface area contributed by atoms with Gasteiger partial charge >= 0.3 is 0 Å². The van der Waals surface area contributed by atoms with Crippen molar-refractivity contribution in [2.24, 2.45) is 5.41 Å². The van der Waals surface area contributed by atoms with Gasteiger partial charge < -0.3 is 25.8 Å². The lowest BCUT2D eigenvalue weighted by atomic mass is 9.82. The Morgan fingerprint density at radius 2 is 1.89 bits per heavy atom. The molecule has 0 bridgehead atoms. The van der Waals surface area contributed by atoms with Gasteiger partial charge in [0.05, 0.1) is 28.3 Å². The van der Waals surface area contributed by atoms with Gasteiger partial charge in [0.25, 0.3) is 0 Å². The number of rotatable bonds is 9. The number of nitrogens with zero attached hydrogens (tertiary/aromatic N) is 3. The van der Waals surface area contributed by atoms with Gasteiger partial charge in [-0.05, 0) is 70.6 Å². The number of nitrogens with one attached hydrogen (secondary N) is 3. The summed E-state index contributed by atoms with van der Waals surface area (Å²) in [4.78, 5) is 9.28. The molecule has 4 N–H and O–H groups in total. The second-order valence-corrected chi connectivity index (χ2v) is 10.6. The molecule has 0 spiro atoms. The molecule has 2 aliphatic rings. The molecule has 36 heavy (non-hydrogen) atoms. The Labute approximate surface area is 218 Å². The van der Waals surface area contributed by atoms with E-state index in [1.54, 1.807) is 6.20 Å². The lowest BCUT2D eigenvalue weighted by molar-refractivity contribution is 0.0455. The molecule has 8 nitrogen and oxygen atoms in total. The largest absolute Gasteiger partial charge is 0.392 e. The first-order chi connectivity index (χ1) is 17.4. The van der Waals surface area contributed by atoms with Crippen molar-refractivity contribution in [2.45, 2.75) is 76.6 Å². The molecular weight excluding hydrogens is 476 g/mol. The number of anilines is 2. The fourth-order valence-electron chi connectivity index (χ4n) is 4.87. The molecule has 2 fully saturated rings. The van der Waals surface area contributed by atoms with Gasteiger partial charge in [-0.3, -0.25) is 0 Å². The third-order valence-corrected chi connectivity index (χ3v) is 7.78. The SMILES string of the molecule is C[C@H](NC1CCC(Nc2cc(-c3cccc(NCC4(C#N)CCOCC4)n3)c(Cl)cn2)CC1)[C@@H](C)O. The van der Waals surface area contributed by atoms with Gasteiger partial charge in [-0.15, -0.1) is 0 Å². The Bertz CT molecular complexity index is 1040. The van der Waals surface area contributed by atoms with Crippen LogP contribution < -0.4 is 16.0 Å². The summed E-state index contributed by atoms with van der Waals surface area (Å²) in [6, 6.07) is 11.1. The summed E-state index contributed by atoms with van der Waals surface area (Å²) in [6.45, 7) is 5.62. The van der Waals surface area contributed by atoms with E-state index < -0.39 is 5.41 Å². The molecule has 4 rings (SSSR count). The number of hydrogen-bond acceptors (Lipinski definition) is 8. The van der Waals surface area contributed by atoms with Crippen LogP contribution in [-0.4, -0.2) is 59.1 Å². The number of aliphatic hydroxyl groups is 1. The van der Waals surface area contributed by atoms with Crippen molar-refractivity contribution in [2.75, 3.05) is 30.4 Å². The fraction of sp³-hybridized carbons (Fsp3) is 0.593. The van der Waals surface area contributed by atoms with Crippen LogP contribution in [0.25, 0.3) is 11.3 Å². The summed E-state index contributed by atoms with van der Waals surface area (Å²) in [7, 11) is 0. The lowest BCUT2D eigenvalue weighted by Crippen LogP contribution is -2.45. The van der Waals surface area contributed by atoms with Crippen LogP contribution in [0.3, 0.4) is 0 Å². The highest BCUT2D eigenvalue weighted by atomic mass is 35.5. The summed E-state index contributed by atoms with van der Waals surface area (Å²) in [6.07, 6.45) is 6.94. The van der Waals surface area contributed by atoms with E-state index in [1.165, 1.54) is 0 Å². The van der Waals surface area contributed by atoms with Crippen LogP contribution >= 0.6 is 11.6 Å². The van der Waals surface area contributed by atoms with Gasteiger partial charge in [0.15, 0.2) is 0 Å². The van der Waals surface area contributed by atoms with Gasteiger partial charge in [0.1, 0.15) is 11.6 Å². The number of ether oxygens (including phenoxy) is 1. The first kappa shape index (κ1) is 26.6. The minimum absolute atomic E-state index is 0.0971. The van der Waals surface area contributed by atoms with Gasteiger partial charge in [-0.25, -0.2) is 9.97 Å². The first-order valence-corrected chi connectivity index (χ1v) is 13.3. The molecular formula is C27H37ClN6O2. The van der Waals surface area contributed by atoms with E-state index in [-0.39, 0.29) is 12.1 Å². The molecule has 9 heteroatoms. The normalized spacial score (nSPS) is 23.3. The standard InChI is InChI=1S/C27H37ClN6O2/c1-18(19(2)35)32-20-6-8-21(9-7-20)33-26-14-22(23(28)15-30-26)24-4-3-5-25(34-24)31-17-27(16-29)10-12-36-13-11-27/h3-5,14-15,18-21,32,35H,6-13,17H2,1-2H3,(H,30,33)(H,31,34)/t18-,19+,20?,21?/m0/s1. The lowest BCUT2D eigenvalue weighted by Gasteiger charge is -2.32. The maximum Gasteiger partial charge on any atom is 0.126 e. The van der Waals surface area contributed by atoms with Gasteiger partial charge in [-0.1, -0.05) is 17.7 Å². The zero-order valence-corrected chi connectivity index (χ0v) is 21.9. The van der Waals surface area contributed by atoms with Crippen LogP contribution in [-0.2, 0) is 4.74 Å². The summed E-state index contributed by atoms with van der Waals surface area (Å²) in [5.74, 6) is 1.50. The van der Waals surface area contributed by atoms with Crippen molar-refractivity contribution in [3.8, 4) is 17.3 Å². The summed E-state index contributed by atoms with van der Waals surface area (Å²) in [5, 5.41) is 30.5. The predicted molar refractivity (Wildman–Crippen MR) is 143 cm³/mol. The highest BCUT2D eigenvalue weighted by Crippen LogP contribution is 2.32. The Hall–Kier alpha value is -2.44. The monoisotopic (exact) mass is 512 g/mol. The molecule has 0 radical (unpaired) electrons. The van der Waals surface area contributed by atoms with Crippen molar-refractivity contribution < 1.29 is 9.84 Å². The Morgan fingerprint density at radius 1 is 1.17 bits per heavy atom. The van der Waals surface area contributed by atoms with E-state index in [9.17, 15) is 10.4 Å². The zero-order chi connectivity index (χ0) is 25.5. The van der Waals surface area contributed by atoms with Crippen molar-refractivity contribution in [1.82, 2.24) is 15.3 Å². The van der Waals surface area contributed by atoms with Crippen molar-refractivity contribution in [3.05, 3.63) is 35.5 Å². The molecule has 1 saturated heterocycles. The molecule has 0 unspecified atom stereocenters. The van der Waals surface area contributed by atoms with Crippen molar-refractivity contribution in [1.29, 1.82) is 5.26 Å². The fourth-order valence-corrected chi connectivity index (χ4v) is 5.07. The number of pyridine rings is 2. The van der Waals surface area contributed by atoms with E-state index in [2.05, 4.69) is 27.0 Å². The average molecular weight is 513 g/mol. The molecule has 0 aromatic carbocycles. The van der Waals surface area contributed by atoms with E-state index in [4.69, 9.17) is 21.3 Å². The second-order valence-electron chi connectivity index (χ2n) is 10.2. The smallest absolute Gasteiger partial charge is 0.126 e. The molecule has 3 heterocycles. The number of halogens is 1. The topological polar surface area (TPSA) is 115 Å². The van der Waals surface area contributed by atoms with E-state index in [1.807, 2.05) is 38.1 Å². The summed E-state index contributed by atoms with van der Waals surface area (Å²) >= 11 is 6.53. The highest BCUT2D eigenvalue weighted by Gasteiger charge is 2.32. The van der Waals surface area contributed by atoms with Crippen LogP contribution in [0.1, 0.15) is 52.4 Å². The molecule has 194 valence electrons. The molecule has 2 atom stereocenters. The molecule has 1 saturated carbocycles. The number of nitriles is 1. The van der Waals surface area contributed by atoms with Crippen molar-refractivity contribution in [3.63, 3.8) is 0 Å². The maximum absolute atomic E-state index is 9.75. The Kier molecular flexibility index (Phi) is 9.02. The van der Waals surface area contributed by atoms with E-state index >= 15 is 0 Å². The minimum Gasteiger partial charge on any atom is -0.392 e. The Balaban J connectivity index is 1.38. The number of aliphatic hydroxyl groups excluding tert-OH is 1. The molecule has 1 aliphatic heterocycles. The third-order valence-electron chi connectivity index (χ3n) is 7.48. The van der Waals surface area contributed by atoms with Crippen LogP contribution in [0.4, 0.5) is 11.6 Å². The van der Waals surface area contributed by atoms with Crippen LogP contribution in [0.15, 0.2) is 30.5 Å². The third kappa shape index (κ3) is 6.86. The van der Waals surface area contributed by atoms with E-state index in [0.717, 1.165) is 55.6 Å². The van der Waals surface area contributed by atoms with Crippen LogP contribution in [0, 0.1) is 16.7 Å². The average Bonchev–Trinajstić information content (AvgIpc) is 2.90. The maximum atomic E-state index is 9.75. The van der Waals surface area contributed by atoms with Gasteiger partial charge in [0.2, 0.25) is 0 Å². The van der Waals surface area contributed by atoms with E-state index in [0.29, 0.717) is 42.7 Å². The van der Waals surface area contributed by atoms with Crippen molar-refractivity contribution >= 4 is 23.2 Å². The predicted octanol–water partition coefficient (Wildman–Crippen LogP) is 4.61. The van der Waals surface area contributed by atoms with Gasteiger partial charge in [0, 0.05) is 49.6 Å². The van der Waals surface area contributed by atoms with Crippen LogP contribution in [0.2, 0.25) is 5.02 Å². The number of aromatic nitrogens is 2. The molecule has 2 aromatic rings. The molecule has 1 aliphatic carbocycles. The first-order valence-electron chi connectivity index (χ1n) is 12.9. The quantitative estimate of drug-likeness (QED) is 0.385. The van der Waals surface area contributed by atoms with Crippen LogP contribution in [0.5, 0.6) is 0 Å². The number of hydrogen-bond donors (Lipinski definition) is 4.